The summed E-state index contributed by atoms with van der Waals surface area (Å²) in [5, 5.41) is 6.04. The molecule has 0 bridgehead atoms. The fraction of sp³-hybridized carbons (Fsp3) is 0.206. The van der Waals surface area contributed by atoms with Crippen molar-refractivity contribution in [2.24, 2.45) is 0 Å². The standard InChI is InChI=1S/C34H35N3O3/c1-21-11-9-10-14-28(21)19-35-34(40)32-23(3)31(36-25(32)5)18-29(20-38)30-17-27(16-15-22(30)2)33(39)37-24(4)26-12-7-6-8-13-26/h6-18,20,24,36H,19H2,1-5H3,(H,35,40)(H,37,39)/b29-18+. The number of aryl methyl sites for hydroxylation is 3. The predicted octanol–water partition coefficient (Wildman–Crippen LogP) is 6.41. The molecule has 0 aliphatic rings. The van der Waals surface area contributed by atoms with Gasteiger partial charge in [-0.15, -0.1) is 0 Å². The van der Waals surface area contributed by atoms with Gasteiger partial charge in [0.05, 0.1) is 11.6 Å². The summed E-state index contributed by atoms with van der Waals surface area (Å²) >= 11 is 0. The number of allylic oxidation sites excluding steroid dienone is 1. The zero-order chi connectivity index (χ0) is 28.8. The third-order valence-electron chi connectivity index (χ3n) is 7.29. The Kier molecular flexibility index (Phi) is 8.80. The largest absolute Gasteiger partial charge is 0.358 e. The lowest BCUT2D eigenvalue weighted by atomic mass is 9.96. The quantitative estimate of drug-likeness (QED) is 0.172. The number of aromatic amines is 1. The summed E-state index contributed by atoms with van der Waals surface area (Å²) in [6.45, 7) is 9.99. The highest BCUT2D eigenvalue weighted by atomic mass is 16.2. The molecule has 1 heterocycles. The third kappa shape index (κ3) is 6.29. The Bertz CT molecular complexity index is 1580. The van der Waals surface area contributed by atoms with Crippen LogP contribution in [0, 0.1) is 27.7 Å². The van der Waals surface area contributed by atoms with Gasteiger partial charge in [0, 0.05) is 29.1 Å². The smallest absolute Gasteiger partial charge is 0.253 e. The number of amides is 2. The lowest BCUT2D eigenvalue weighted by molar-refractivity contribution is -0.103. The topological polar surface area (TPSA) is 91.1 Å². The number of hydrogen-bond donors (Lipinski definition) is 3. The Balaban J connectivity index is 1.57. The van der Waals surface area contributed by atoms with Gasteiger partial charge in [0.25, 0.3) is 11.8 Å². The average Bonchev–Trinajstić information content (AvgIpc) is 3.24. The lowest BCUT2D eigenvalue weighted by Gasteiger charge is -2.15. The minimum absolute atomic E-state index is 0.167. The molecule has 0 aliphatic heterocycles. The normalized spacial score (nSPS) is 12.1. The van der Waals surface area contributed by atoms with Crippen molar-refractivity contribution in [3.63, 3.8) is 0 Å². The van der Waals surface area contributed by atoms with E-state index in [9.17, 15) is 14.4 Å². The van der Waals surface area contributed by atoms with Gasteiger partial charge in [-0.25, -0.2) is 0 Å². The summed E-state index contributed by atoms with van der Waals surface area (Å²) in [7, 11) is 0. The van der Waals surface area contributed by atoms with Gasteiger partial charge in [-0.05, 0) is 86.2 Å². The van der Waals surface area contributed by atoms with E-state index in [-0.39, 0.29) is 17.9 Å². The molecule has 0 aliphatic carbocycles. The fourth-order valence-electron chi connectivity index (χ4n) is 4.84. The van der Waals surface area contributed by atoms with Crippen LogP contribution in [0.5, 0.6) is 0 Å². The number of carbonyl (C=O) groups excluding carboxylic acids is 3. The van der Waals surface area contributed by atoms with E-state index in [1.165, 1.54) is 0 Å². The maximum Gasteiger partial charge on any atom is 0.253 e. The second kappa shape index (κ2) is 12.4. The maximum absolute atomic E-state index is 13.1. The van der Waals surface area contributed by atoms with Crippen LogP contribution in [0.1, 0.15) is 78.5 Å². The van der Waals surface area contributed by atoms with Crippen LogP contribution in [-0.2, 0) is 11.3 Å². The molecule has 0 radical (unpaired) electrons. The molecule has 0 spiro atoms. The summed E-state index contributed by atoms with van der Waals surface area (Å²) in [5.74, 6) is -0.397. The Morgan fingerprint density at radius 3 is 2.27 bits per heavy atom. The number of hydrogen-bond acceptors (Lipinski definition) is 3. The van der Waals surface area contributed by atoms with Crippen LogP contribution >= 0.6 is 0 Å². The first-order valence-electron chi connectivity index (χ1n) is 13.3. The zero-order valence-corrected chi connectivity index (χ0v) is 23.6. The second-order valence-corrected chi connectivity index (χ2v) is 10.1. The highest BCUT2D eigenvalue weighted by molar-refractivity contribution is 6.14. The molecule has 204 valence electrons. The Morgan fingerprint density at radius 2 is 1.57 bits per heavy atom. The van der Waals surface area contributed by atoms with Crippen molar-refractivity contribution in [1.29, 1.82) is 0 Å². The number of aromatic nitrogens is 1. The summed E-state index contributed by atoms with van der Waals surface area (Å²) in [6.07, 6.45) is 2.52. The van der Waals surface area contributed by atoms with E-state index in [4.69, 9.17) is 0 Å². The zero-order valence-electron chi connectivity index (χ0n) is 23.6. The molecule has 40 heavy (non-hydrogen) atoms. The van der Waals surface area contributed by atoms with Crippen molar-refractivity contribution < 1.29 is 14.4 Å². The van der Waals surface area contributed by atoms with E-state index in [1.807, 2.05) is 95.3 Å². The van der Waals surface area contributed by atoms with Gasteiger partial charge >= 0.3 is 0 Å². The molecular weight excluding hydrogens is 498 g/mol. The monoisotopic (exact) mass is 533 g/mol. The molecule has 6 nitrogen and oxygen atoms in total. The molecule has 4 aromatic rings. The first-order chi connectivity index (χ1) is 19.2. The Morgan fingerprint density at radius 1 is 0.875 bits per heavy atom. The van der Waals surface area contributed by atoms with E-state index < -0.39 is 0 Å². The van der Waals surface area contributed by atoms with Gasteiger partial charge < -0.3 is 15.6 Å². The number of H-pyrrole nitrogens is 1. The van der Waals surface area contributed by atoms with Crippen LogP contribution in [0.4, 0.5) is 0 Å². The minimum Gasteiger partial charge on any atom is -0.358 e. The molecule has 1 atom stereocenters. The van der Waals surface area contributed by atoms with Crippen LogP contribution < -0.4 is 10.6 Å². The van der Waals surface area contributed by atoms with Gasteiger partial charge in [0.1, 0.15) is 0 Å². The molecule has 3 aromatic carbocycles. The van der Waals surface area contributed by atoms with Crippen molar-refractivity contribution in [1.82, 2.24) is 15.6 Å². The highest BCUT2D eigenvalue weighted by Gasteiger charge is 2.19. The summed E-state index contributed by atoms with van der Waals surface area (Å²) < 4.78 is 0. The van der Waals surface area contributed by atoms with Gasteiger partial charge in [0.15, 0.2) is 6.29 Å². The minimum atomic E-state index is -0.220. The van der Waals surface area contributed by atoms with Gasteiger partial charge in [-0.1, -0.05) is 60.7 Å². The van der Waals surface area contributed by atoms with Crippen molar-refractivity contribution in [2.45, 2.75) is 47.2 Å². The molecule has 4 rings (SSSR count). The van der Waals surface area contributed by atoms with Crippen molar-refractivity contribution in [3.05, 3.63) is 129 Å². The molecular formula is C34H35N3O3. The average molecular weight is 534 g/mol. The second-order valence-electron chi connectivity index (χ2n) is 10.1. The van der Waals surface area contributed by atoms with Gasteiger partial charge in [0.2, 0.25) is 0 Å². The molecule has 1 unspecified atom stereocenters. The molecule has 0 saturated carbocycles. The number of benzene rings is 3. The number of carbonyl (C=O) groups is 3. The van der Waals surface area contributed by atoms with Crippen LogP contribution in [0.2, 0.25) is 0 Å². The SMILES string of the molecule is Cc1ccccc1CNC(=O)c1c(C)[nH]c(/C=C(\C=O)c2cc(C(=O)NC(C)c3ccccc3)ccc2C)c1C. The van der Waals surface area contributed by atoms with E-state index in [0.717, 1.165) is 39.8 Å². The summed E-state index contributed by atoms with van der Waals surface area (Å²) in [5.41, 5.74) is 8.29. The molecule has 0 fully saturated rings. The Hall–Kier alpha value is -4.71. The first kappa shape index (κ1) is 28.3. The number of nitrogens with one attached hydrogen (secondary N) is 3. The van der Waals surface area contributed by atoms with Gasteiger partial charge in [-0.2, -0.15) is 0 Å². The molecule has 6 heteroatoms. The number of aldehydes is 1. The van der Waals surface area contributed by atoms with E-state index >= 15 is 0 Å². The lowest BCUT2D eigenvalue weighted by Crippen LogP contribution is -2.26. The molecule has 0 saturated heterocycles. The summed E-state index contributed by atoms with van der Waals surface area (Å²) in [4.78, 5) is 41.7. The highest BCUT2D eigenvalue weighted by Crippen LogP contribution is 2.26. The molecule has 1 aromatic heterocycles. The van der Waals surface area contributed by atoms with E-state index in [2.05, 4.69) is 15.6 Å². The van der Waals surface area contributed by atoms with Crippen LogP contribution in [-0.4, -0.2) is 23.1 Å². The fourth-order valence-corrected chi connectivity index (χ4v) is 4.84. The van der Waals surface area contributed by atoms with E-state index in [1.54, 1.807) is 18.2 Å². The Labute approximate surface area is 235 Å². The number of rotatable bonds is 9. The van der Waals surface area contributed by atoms with Crippen molar-refractivity contribution >= 4 is 29.7 Å². The van der Waals surface area contributed by atoms with Crippen LogP contribution in [0.3, 0.4) is 0 Å². The maximum atomic E-state index is 13.1. The van der Waals surface area contributed by atoms with Crippen molar-refractivity contribution in [2.75, 3.05) is 0 Å². The van der Waals surface area contributed by atoms with E-state index in [0.29, 0.717) is 34.5 Å². The van der Waals surface area contributed by atoms with Crippen molar-refractivity contribution in [3.8, 4) is 0 Å². The third-order valence-corrected chi connectivity index (χ3v) is 7.29. The summed E-state index contributed by atoms with van der Waals surface area (Å²) in [6, 6.07) is 22.9. The molecule has 2 amide bonds. The van der Waals surface area contributed by atoms with Crippen LogP contribution in [0.15, 0.2) is 72.8 Å². The predicted molar refractivity (Wildman–Crippen MR) is 160 cm³/mol. The first-order valence-corrected chi connectivity index (χ1v) is 13.3. The molecule has 3 N–H and O–H groups in total. The van der Waals surface area contributed by atoms with Crippen LogP contribution in [0.25, 0.3) is 11.6 Å². The van der Waals surface area contributed by atoms with Gasteiger partial charge in [-0.3, -0.25) is 14.4 Å².